The van der Waals surface area contributed by atoms with Gasteiger partial charge in [0.1, 0.15) is 0 Å². The summed E-state index contributed by atoms with van der Waals surface area (Å²) in [7, 11) is -3.20. The Bertz CT molecular complexity index is 934. The van der Waals surface area contributed by atoms with Gasteiger partial charge >= 0.3 is 0 Å². The Kier molecular flexibility index (Phi) is 3.62. The van der Waals surface area contributed by atoms with Crippen molar-refractivity contribution in [2.45, 2.75) is 18.9 Å². The van der Waals surface area contributed by atoms with Gasteiger partial charge in [0.05, 0.1) is 6.26 Å². The van der Waals surface area contributed by atoms with Crippen LogP contribution >= 0.6 is 0 Å². The number of nitrogens with zero attached hydrogens (tertiary/aromatic N) is 2. The van der Waals surface area contributed by atoms with E-state index in [4.69, 9.17) is 0 Å². The predicted octanol–water partition coefficient (Wildman–Crippen LogP) is 1.89. The van der Waals surface area contributed by atoms with E-state index in [2.05, 4.69) is 6.07 Å². The fourth-order valence-electron chi connectivity index (χ4n) is 3.98. The van der Waals surface area contributed by atoms with Gasteiger partial charge in [0.15, 0.2) is 0 Å². The summed E-state index contributed by atoms with van der Waals surface area (Å²) in [5.41, 5.74) is 2.89. The van der Waals surface area contributed by atoms with Crippen molar-refractivity contribution in [3.8, 4) is 11.1 Å². The van der Waals surface area contributed by atoms with Gasteiger partial charge in [0.2, 0.25) is 10.0 Å². The van der Waals surface area contributed by atoms with Crippen molar-refractivity contribution in [1.29, 1.82) is 0 Å². The zero-order valence-corrected chi connectivity index (χ0v) is 14.4. The Balaban J connectivity index is 1.79. The van der Waals surface area contributed by atoms with E-state index in [9.17, 15) is 13.2 Å². The van der Waals surface area contributed by atoms with E-state index in [1.54, 1.807) is 10.4 Å². The minimum absolute atomic E-state index is 0.00820. The third-order valence-electron chi connectivity index (χ3n) is 5.10. The van der Waals surface area contributed by atoms with Crippen molar-refractivity contribution in [2.24, 2.45) is 5.92 Å². The van der Waals surface area contributed by atoms with Gasteiger partial charge in [-0.25, -0.2) is 12.7 Å². The molecule has 1 aromatic heterocycles. The summed E-state index contributed by atoms with van der Waals surface area (Å²) >= 11 is 0. The van der Waals surface area contributed by atoms with Crippen LogP contribution in [0.5, 0.6) is 0 Å². The molecule has 5 nitrogen and oxygen atoms in total. The highest BCUT2D eigenvalue weighted by Crippen LogP contribution is 2.37. The molecule has 0 radical (unpaired) electrons. The van der Waals surface area contributed by atoms with Gasteiger partial charge in [-0.15, -0.1) is 0 Å². The van der Waals surface area contributed by atoms with Crippen LogP contribution in [-0.4, -0.2) is 36.6 Å². The zero-order chi connectivity index (χ0) is 16.9. The first-order valence-electron chi connectivity index (χ1n) is 8.17. The summed E-state index contributed by atoms with van der Waals surface area (Å²) in [5.74, 6) is 0.301. The van der Waals surface area contributed by atoms with Crippen LogP contribution in [0.3, 0.4) is 0 Å². The summed E-state index contributed by atoms with van der Waals surface area (Å²) in [6.07, 6.45) is 2.21. The highest BCUT2D eigenvalue weighted by atomic mass is 32.2. The third-order valence-corrected chi connectivity index (χ3v) is 6.34. The van der Waals surface area contributed by atoms with Gasteiger partial charge in [-0.2, -0.15) is 0 Å². The smallest absolute Gasteiger partial charge is 0.251 e. The molecular formula is C18H20N2O3S. The van der Waals surface area contributed by atoms with E-state index in [-0.39, 0.29) is 17.4 Å². The molecule has 2 bridgehead atoms. The molecule has 0 aliphatic carbocycles. The Morgan fingerprint density at radius 1 is 1.00 bits per heavy atom. The number of fused-ring (bicyclic) bond motifs is 4. The number of aromatic nitrogens is 1. The fraction of sp³-hybridized carbons (Fsp3) is 0.389. The predicted molar refractivity (Wildman–Crippen MR) is 93.4 cm³/mol. The summed E-state index contributed by atoms with van der Waals surface area (Å²) in [6.45, 7) is 1.58. The number of hydrogen-bond donors (Lipinski definition) is 0. The van der Waals surface area contributed by atoms with E-state index >= 15 is 0 Å². The Morgan fingerprint density at radius 2 is 1.75 bits per heavy atom. The molecule has 0 N–H and O–H groups in total. The average Bonchev–Trinajstić information content (AvgIpc) is 2.55. The molecule has 126 valence electrons. The van der Waals surface area contributed by atoms with Crippen LogP contribution in [0, 0.1) is 5.92 Å². The maximum atomic E-state index is 12.6. The third kappa shape index (κ3) is 2.70. The maximum Gasteiger partial charge on any atom is 0.251 e. The quantitative estimate of drug-likeness (QED) is 0.836. The van der Waals surface area contributed by atoms with Crippen LogP contribution < -0.4 is 5.56 Å². The first kappa shape index (κ1) is 15.6. The number of benzene rings is 1. The lowest BCUT2D eigenvalue weighted by Gasteiger charge is -2.41. The topological polar surface area (TPSA) is 59.4 Å². The molecule has 0 saturated carbocycles. The van der Waals surface area contributed by atoms with Crippen molar-refractivity contribution in [1.82, 2.24) is 8.87 Å². The molecule has 2 aromatic rings. The number of hydrogen-bond acceptors (Lipinski definition) is 3. The minimum Gasteiger partial charge on any atom is -0.312 e. The van der Waals surface area contributed by atoms with E-state index in [0.29, 0.717) is 19.6 Å². The van der Waals surface area contributed by atoms with E-state index in [0.717, 1.165) is 23.2 Å². The van der Waals surface area contributed by atoms with Gasteiger partial charge in [-0.3, -0.25) is 4.79 Å². The van der Waals surface area contributed by atoms with Crippen LogP contribution in [0.15, 0.2) is 47.3 Å². The Hall–Kier alpha value is -1.92. The Morgan fingerprint density at radius 3 is 2.46 bits per heavy atom. The van der Waals surface area contributed by atoms with E-state index in [1.807, 2.05) is 34.9 Å². The number of rotatable bonds is 2. The minimum atomic E-state index is -3.20. The molecule has 2 aliphatic heterocycles. The van der Waals surface area contributed by atoms with Crippen molar-refractivity contribution >= 4 is 10.0 Å². The molecule has 0 amide bonds. The molecule has 24 heavy (non-hydrogen) atoms. The van der Waals surface area contributed by atoms with Crippen molar-refractivity contribution in [3.05, 3.63) is 58.5 Å². The van der Waals surface area contributed by atoms with Gasteiger partial charge < -0.3 is 4.57 Å². The number of sulfonamides is 1. The normalized spacial score (nSPS) is 23.7. The van der Waals surface area contributed by atoms with Crippen LogP contribution in [0.25, 0.3) is 11.1 Å². The number of pyridine rings is 1. The van der Waals surface area contributed by atoms with Crippen LogP contribution in [0.2, 0.25) is 0 Å². The van der Waals surface area contributed by atoms with Crippen LogP contribution in [-0.2, 0) is 16.6 Å². The number of piperidine rings is 1. The van der Waals surface area contributed by atoms with Crippen LogP contribution in [0.4, 0.5) is 0 Å². The molecular weight excluding hydrogens is 324 g/mol. The van der Waals surface area contributed by atoms with Crippen molar-refractivity contribution in [2.75, 3.05) is 19.3 Å². The molecule has 0 unspecified atom stereocenters. The summed E-state index contributed by atoms with van der Waals surface area (Å²) in [4.78, 5) is 12.6. The summed E-state index contributed by atoms with van der Waals surface area (Å²) < 4.78 is 27.3. The molecule has 6 heteroatoms. The van der Waals surface area contributed by atoms with Gasteiger partial charge in [0.25, 0.3) is 5.56 Å². The average molecular weight is 344 g/mol. The molecule has 4 rings (SSSR count). The monoisotopic (exact) mass is 344 g/mol. The second kappa shape index (κ2) is 5.57. The molecule has 1 aromatic carbocycles. The highest BCUT2D eigenvalue weighted by molar-refractivity contribution is 7.88. The van der Waals surface area contributed by atoms with Crippen molar-refractivity contribution < 1.29 is 8.42 Å². The second-order valence-corrected chi connectivity index (χ2v) is 8.84. The lowest BCUT2D eigenvalue weighted by atomic mass is 9.83. The lowest BCUT2D eigenvalue weighted by molar-refractivity contribution is 0.187. The second-order valence-electron chi connectivity index (χ2n) is 6.86. The van der Waals surface area contributed by atoms with Gasteiger partial charge in [-0.05, 0) is 29.5 Å². The fourth-order valence-corrected chi connectivity index (χ4v) is 4.92. The highest BCUT2D eigenvalue weighted by Gasteiger charge is 2.37. The van der Waals surface area contributed by atoms with Crippen LogP contribution in [0.1, 0.15) is 18.0 Å². The van der Waals surface area contributed by atoms with Gasteiger partial charge in [-0.1, -0.05) is 30.3 Å². The largest absolute Gasteiger partial charge is 0.312 e. The standard InChI is InChI=1S/C18H20N2O3S/c1-24(22,23)19-10-13-7-16(12-19)17-8-15(9-18(21)20(17)11-13)14-5-3-2-4-6-14/h2-6,8-9,13,16H,7,10-12H2,1H3/t13-,16+/m0/s1. The molecule has 2 atom stereocenters. The summed E-state index contributed by atoms with van der Waals surface area (Å²) in [6, 6.07) is 13.6. The SMILES string of the molecule is CS(=O)(=O)N1C[C@@H]2C[C@H](C1)c1cc(-c3ccccc3)cc(=O)n1C2. The Labute approximate surface area is 141 Å². The maximum absolute atomic E-state index is 12.6. The van der Waals surface area contributed by atoms with E-state index < -0.39 is 10.0 Å². The molecule has 1 fully saturated rings. The van der Waals surface area contributed by atoms with E-state index in [1.165, 1.54) is 6.26 Å². The molecule has 2 aliphatic rings. The molecule has 0 spiro atoms. The zero-order valence-electron chi connectivity index (χ0n) is 13.6. The summed E-state index contributed by atoms with van der Waals surface area (Å²) in [5, 5.41) is 0. The molecule has 3 heterocycles. The van der Waals surface area contributed by atoms with Gasteiger partial charge in [0, 0.05) is 37.3 Å². The van der Waals surface area contributed by atoms with Crippen molar-refractivity contribution in [3.63, 3.8) is 0 Å². The first-order valence-corrected chi connectivity index (χ1v) is 10.0. The lowest BCUT2D eigenvalue weighted by Crippen LogP contribution is -2.48. The molecule has 1 saturated heterocycles. The first-order chi connectivity index (χ1) is 11.4.